The summed E-state index contributed by atoms with van der Waals surface area (Å²) < 4.78 is 24.7. The molecular weight excluding hydrogens is 338 g/mol. The van der Waals surface area contributed by atoms with Gasteiger partial charge in [0.15, 0.2) is 0 Å². The van der Waals surface area contributed by atoms with Gasteiger partial charge in [-0.05, 0) is 22.0 Å². The summed E-state index contributed by atoms with van der Waals surface area (Å²) in [5.41, 5.74) is 7.13. The summed E-state index contributed by atoms with van der Waals surface area (Å²) in [4.78, 5) is 0.956. The molecule has 2 rings (SSSR count). The predicted octanol–water partition coefficient (Wildman–Crippen LogP) is 2.00. The Morgan fingerprint density at radius 2 is 2.28 bits per heavy atom. The molecule has 0 unspecified atom stereocenters. The Morgan fingerprint density at radius 1 is 1.56 bits per heavy atom. The van der Waals surface area contributed by atoms with Crippen LogP contribution in [0.5, 0.6) is 0 Å². The number of rotatable bonds is 4. The van der Waals surface area contributed by atoms with E-state index < -0.39 is 9.84 Å². The molecule has 5 nitrogen and oxygen atoms in total. The summed E-state index contributed by atoms with van der Waals surface area (Å²) in [7, 11) is -2.99. The lowest BCUT2D eigenvalue weighted by Crippen LogP contribution is -2.11. The fourth-order valence-electron chi connectivity index (χ4n) is 1.44. The van der Waals surface area contributed by atoms with Gasteiger partial charge in [0.25, 0.3) is 0 Å². The maximum atomic E-state index is 11.1. The van der Waals surface area contributed by atoms with Gasteiger partial charge in [0.2, 0.25) is 0 Å². The summed E-state index contributed by atoms with van der Waals surface area (Å²) in [6, 6.07) is 1.93. The molecule has 8 heteroatoms. The number of nitrogen functional groups attached to an aromatic ring is 1. The van der Waals surface area contributed by atoms with Crippen molar-refractivity contribution in [3.8, 4) is 10.6 Å². The smallest absolute Gasteiger partial charge is 0.149 e. The van der Waals surface area contributed by atoms with Gasteiger partial charge >= 0.3 is 0 Å². The van der Waals surface area contributed by atoms with E-state index in [1.165, 1.54) is 17.6 Å². The van der Waals surface area contributed by atoms with Gasteiger partial charge < -0.3 is 5.73 Å². The van der Waals surface area contributed by atoms with Crippen molar-refractivity contribution in [3.05, 3.63) is 22.1 Å². The number of nitrogens with two attached hydrogens (primary N) is 1. The summed E-state index contributed by atoms with van der Waals surface area (Å²) >= 11 is 4.91. The standard InChI is InChI=1S/C10H12BrN3O2S2/c1-18(15,16)3-2-14-5-8(12)10(13-14)9-4-7(11)6-17-9/h4-6H,2-3,12H2,1H3. The number of thiophene rings is 1. The van der Waals surface area contributed by atoms with Crippen molar-refractivity contribution in [2.45, 2.75) is 6.54 Å². The number of halogens is 1. The number of hydrogen-bond donors (Lipinski definition) is 1. The fourth-order valence-corrected chi connectivity index (χ4v) is 3.39. The average molecular weight is 350 g/mol. The lowest BCUT2D eigenvalue weighted by molar-refractivity contribution is 0.586. The Bertz CT molecular complexity index is 660. The molecule has 0 atom stereocenters. The highest BCUT2D eigenvalue weighted by Crippen LogP contribution is 2.32. The van der Waals surface area contributed by atoms with Gasteiger partial charge in [-0.3, -0.25) is 4.68 Å². The van der Waals surface area contributed by atoms with Crippen LogP contribution in [0.2, 0.25) is 0 Å². The van der Waals surface area contributed by atoms with Crippen molar-refractivity contribution in [1.82, 2.24) is 9.78 Å². The minimum absolute atomic E-state index is 0.0572. The molecule has 2 aromatic rings. The van der Waals surface area contributed by atoms with Crippen LogP contribution < -0.4 is 5.73 Å². The molecule has 0 spiro atoms. The van der Waals surface area contributed by atoms with E-state index in [-0.39, 0.29) is 5.75 Å². The topological polar surface area (TPSA) is 78.0 Å². The Hall–Kier alpha value is -0.860. The van der Waals surface area contributed by atoms with Crippen molar-refractivity contribution in [3.63, 3.8) is 0 Å². The Kier molecular flexibility index (Phi) is 3.79. The van der Waals surface area contributed by atoms with Crippen LogP contribution in [0.15, 0.2) is 22.1 Å². The molecule has 98 valence electrons. The van der Waals surface area contributed by atoms with E-state index in [9.17, 15) is 8.42 Å². The highest BCUT2D eigenvalue weighted by Gasteiger charge is 2.11. The van der Waals surface area contributed by atoms with Crippen LogP contribution in [0.3, 0.4) is 0 Å². The second-order valence-corrected chi connectivity index (χ2v) is 8.04. The summed E-state index contributed by atoms with van der Waals surface area (Å²) in [5.74, 6) is 0.0572. The van der Waals surface area contributed by atoms with Gasteiger partial charge in [-0.25, -0.2) is 8.42 Å². The van der Waals surface area contributed by atoms with Crippen molar-refractivity contribution in [2.24, 2.45) is 0 Å². The first kappa shape index (κ1) is 13.6. The maximum absolute atomic E-state index is 11.1. The number of aromatic nitrogens is 2. The molecule has 0 saturated heterocycles. The van der Waals surface area contributed by atoms with Crippen LogP contribution in [-0.4, -0.2) is 30.2 Å². The number of nitrogens with zero attached hydrogens (tertiary/aromatic N) is 2. The number of aryl methyl sites for hydroxylation is 1. The van der Waals surface area contributed by atoms with E-state index in [1.807, 2.05) is 11.4 Å². The normalized spacial score (nSPS) is 11.9. The van der Waals surface area contributed by atoms with E-state index in [2.05, 4.69) is 21.0 Å². The quantitative estimate of drug-likeness (QED) is 0.915. The van der Waals surface area contributed by atoms with E-state index in [1.54, 1.807) is 10.9 Å². The van der Waals surface area contributed by atoms with Gasteiger partial charge in [-0.15, -0.1) is 11.3 Å². The number of sulfone groups is 1. The van der Waals surface area contributed by atoms with Crippen molar-refractivity contribution >= 4 is 42.8 Å². The molecule has 2 aromatic heterocycles. The molecule has 0 radical (unpaired) electrons. The first-order chi connectivity index (χ1) is 8.35. The van der Waals surface area contributed by atoms with Gasteiger partial charge in [0.1, 0.15) is 15.5 Å². The van der Waals surface area contributed by atoms with Crippen LogP contribution in [0.1, 0.15) is 0 Å². The highest BCUT2D eigenvalue weighted by atomic mass is 79.9. The molecule has 0 aromatic carbocycles. The van der Waals surface area contributed by atoms with Crippen molar-refractivity contribution in [1.29, 1.82) is 0 Å². The molecule has 0 aliphatic carbocycles. The molecule has 0 aliphatic heterocycles. The minimum Gasteiger partial charge on any atom is -0.396 e. The number of hydrogen-bond acceptors (Lipinski definition) is 5. The Balaban J connectivity index is 2.22. The fraction of sp³-hybridized carbons (Fsp3) is 0.300. The third kappa shape index (κ3) is 3.33. The molecule has 0 saturated carbocycles. The van der Waals surface area contributed by atoms with Crippen LogP contribution in [0, 0.1) is 0 Å². The lowest BCUT2D eigenvalue weighted by atomic mass is 10.3. The van der Waals surface area contributed by atoms with E-state index in [4.69, 9.17) is 5.73 Å². The molecule has 0 aliphatic rings. The number of anilines is 1. The highest BCUT2D eigenvalue weighted by molar-refractivity contribution is 9.10. The lowest BCUT2D eigenvalue weighted by Gasteiger charge is -1.98. The molecule has 0 amide bonds. The maximum Gasteiger partial charge on any atom is 0.149 e. The van der Waals surface area contributed by atoms with Gasteiger partial charge in [0.05, 0.1) is 22.9 Å². The zero-order valence-electron chi connectivity index (χ0n) is 9.63. The third-order valence-corrected chi connectivity index (χ3v) is 4.90. The third-order valence-electron chi connectivity index (χ3n) is 2.28. The average Bonchev–Trinajstić information content (AvgIpc) is 2.81. The van der Waals surface area contributed by atoms with E-state index in [0.29, 0.717) is 17.9 Å². The van der Waals surface area contributed by atoms with Crippen LogP contribution in [0.25, 0.3) is 10.6 Å². The van der Waals surface area contributed by atoms with Gasteiger partial charge in [-0.1, -0.05) is 0 Å². The monoisotopic (exact) mass is 349 g/mol. The van der Waals surface area contributed by atoms with E-state index in [0.717, 1.165) is 9.35 Å². The zero-order chi connectivity index (χ0) is 13.3. The second-order valence-electron chi connectivity index (χ2n) is 3.96. The van der Waals surface area contributed by atoms with Crippen LogP contribution >= 0.6 is 27.3 Å². The van der Waals surface area contributed by atoms with Crippen LogP contribution in [0.4, 0.5) is 5.69 Å². The molecule has 0 bridgehead atoms. The summed E-state index contributed by atoms with van der Waals surface area (Å²) in [6.07, 6.45) is 2.87. The molecule has 18 heavy (non-hydrogen) atoms. The first-order valence-corrected chi connectivity index (χ1v) is 8.83. The van der Waals surface area contributed by atoms with Gasteiger partial charge in [-0.2, -0.15) is 5.10 Å². The first-order valence-electron chi connectivity index (χ1n) is 5.10. The van der Waals surface area contributed by atoms with Crippen molar-refractivity contribution < 1.29 is 8.42 Å². The Morgan fingerprint density at radius 3 is 2.83 bits per heavy atom. The molecule has 2 heterocycles. The predicted molar refractivity (Wildman–Crippen MR) is 77.4 cm³/mol. The molecule has 0 fully saturated rings. The molecule has 2 N–H and O–H groups in total. The van der Waals surface area contributed by atoms with Crippen LogP contribution in [-0.2, 0) is 16.4 Å². The summed E-state index contributed by atoms with van der Waals surface area (Å²) in [5, 5.41) is 6.26. The van der Waals surface area contributed by atoms with E-state index >= 15 is 0 Å². The minimum atomic E-state index is -2.99. The summed E-state index contributed by atoms with van der Waals surface area (Å²) in [6.45, 7) is 0.315. The Labute approximate surface area is 118 Å². The second kappa shape index (κ2) is 5.02. The van der Waals surface area contributed by atoms with Crippen molar-refractivity contribution in [2.75, 3.05) is 17.7 Å². The SMILES string of the molecule is CS(=O)(=O)CCn1cc(N)c(-c2cc(Br)cs2)n1. The molecular formula is C10H12BrN3O2S2. The van der Waals surface area contributed by atoms with Gasteiger partial charge in [0, 0.05) is 22.3 Å². The largest absolute Gasteiger partial charge is 0.396 e. The zero-order valence-corrected chi connectivity index (χ0v) is 12.8.